The number of amides is 2. The zero-order valence-electron chi connectivity index (χ0n) is 19.9. The van der Waals surface area contributed by atoms with Gasteiger partial charge in [0.15, 0.2) is 0 Å². The first-order valence-electron chi connectivity index (χ1n) is 11.3. The molecule has 31 heavy (non-hydrogen) atoms. The second-order valence-electron chi connectivity index (χ2n) is 11.3. The van der Waals surface area contributed by atoms with E-state index in [2.05, 4.69) is 26.1 Å². The molecule has 5 atom stereocenters. The Morgan fingerprint density at radius 2 is 1.90 bits per heavy atom. The van der Waals surface area contributed by atoms with Gasteiger partial charge in [-0.05, 0) is 52.4 Å². The highest BCUT2D eigenvalue weighted by Gasteiger charge is 2.78. The number of carbonyl (C=O) groups excluding carboxylic acids is 3. The molecule has 0 aromatic rings. The summed E-state index contributed by atoms with van der Waals surface area (Å²) in [4.78, 5) is 41.3. The minimum absolute atomic E-state index is 0.00131. The van der Waals surface area contributed by atoms with Crippen LogP contribution in [0.4, 0.5) is 0 Å². The van der Waals surface area contributed by atoms with E-state index in [1.807, 2.05) is 20.8 Å². The second-order valence-corrected chi connectivity index (χ2v) is 11.3. The first-order valence-corrected chi connectivity index (χ1v) is 11.3. The van der Waals surface area contributed by atoms with Crippen LogP contribution in [0.15, 0.2) is 0 Å². The molecule has 3 rings (SSSR count). The molecule has 2 unspecified atom stereocenters. The number of ether oxygens (including phenoxy) is 2. The third kappa shape index (κ3) is 3.97. The van der Waals surface area contributed by atoms with Gasteiger partial charge in [-0.2, -0.15) is 0 Å². The molecule has 0 aromatic heterocycles. The van der Waals surface area contributed by atoms with E-state index in [0.717, 1.165) is 6.42 Å². The fraction of sp³-hybridized carbons (Fsp3) is 0.870. The van der Waals surface area contributed by atoms with E-state index in [-0.39, 0.29) is 37.0 Å². The van der Waals surface area contributed by atoms with Crippen molar-refractivity contribution in [3.8, 4) is 0 Å². The standard InChI is InChI=1S/C23H38N2O6/c1-8-30-19(29)15-14-18(28)25(11-12-26)16(23(14)10-9-22(15,7)31-23)17(27)24-21(5,6)13-20(2,3)4/h14-16,26H,8-13H2,1-7H3,(H,24,27)/t14-,15+,16?,22-,23?/m0/s1. The number of carbonyl (C=O) groups is 3. The number of nitrogens with one attached hydrogen (secondary N) is 1. The molecule has 2 bridgehead atoms. The molecule has 3 saturated heterocycles. The van der Waals surface area contributed by atoms with Crippen LogP contribution < -0.4 is 5.32 Å². The topological polar surface area (TPSA) is 105 Å². The van der Waals surface area contributed by atoms with Crippen LogP contribution in [0, 0.1) is 17.3 Å². The van der Waals surface area contributed by atoms with E-state index in [9.17, 15) is 19.5 Å². The Kier molecular flexibility index (Phi) is 5.98. The highest BCUT2D eigenvalue weighted by atomic mass is 16.6. The highest BCUT2D eigenvalue weighted by molar-refractivity contribution is 5.98. The zero-order valence-corrected chi connectivity index (χ0v) is 19.9. The smallest absolute Gasteiger partial charge is 0.312 e. The highest BCUT2D eigenvalue weighted by Crippen LogP contribution is 2.63. The zero-order chi connectivity index (χ0) is 23.4. The monoisotopic (exact) mass is 438 g/mol. The van der Waals surface area contributed by atoms with E-state index < -0.39 is 40.6 Å². The van der Waals surface area contributed by atoms with E-state index in [1.165, 1.54) is 4.90 Å². The minimum atomic E-state index is -1.08. The molecular formula is C23H38N2O6. The molecule has 2 N–H and O–H groups in total. The average Bonchev–Trinajstić information content (AvgIpc) is 3.14. The van der Waals surface area contributed by atoms with Gasteiger partial charge in [0.2, 0.25) is 11.8 Å². The van der Waals surface area contributed by atoms with Gasteiger partial charge in [0, 0.05) is 12.1 Å². The Morgan fingerprint density at radius 3 is 2.45 bits per heavy atom. The van der Waals surface area contributed by atoms with E-state index in [1.54, 1.807) is 6.92 Å². The Hall–Kier alpha value is -1.67. The van der Waals surface area contributed by atoms with Gasteiger partial charge in [-0.3, -0.25) is 14.4 Å². The summed E-state index contributed by atoms with van der Waals surface area (Å²) in [6.45, 7) is 13.8. The average molecular weight is 439 g/mol. The molecule has 0 saturated carbocycles. The number of likely N-dealkylation sites (tertiary alicyclic amines) is 1. The maximum atomic E-state index is 13.6. The molecule has 0 aliphatic carbocycles. The summed E-state index contributed by atoms with van der Waals surface area (Å²) < 4.78 is 11.7. The van der Waals surface area contributed by atoms with Crippen molar-refractivity contribution in [2.45, 2.75) is 90.5 Å². The lowest BCUT2D eigenvalue weighted by Gasteiger charge is -2.38. The molecule has 8 heteroatoms. The van der Waals surface area contributed by atoms with Crippen molar-refractivity contribution in [1.29, 1.82) is 0 Å². The summed E-state index contributed by atoms with van der Waals surface area (Å²) in [5.74, 6) is -2.60. The van der Waals surface area contributed by atoms with Gasteiger partial charge < -0.3 is 24.8 Å². The molecule has 3 fully saturated rings. The quantitative estimate of drug-likeness (QED) is 0.586. The van der Waals surface area contributed by atoms with Crippen molar-refractivity contribution >= 4 is 17.8 Å². The number of fused-ring (bicyclic) bond motifs is 1. The molecule has 2 amide bonds. The van der Waals surface area contributed by atoms with Crippen molar-refractivity contribution in [3.63, 3.8) is 0 Å². The minimum Gasteiger partial charge on any atom is -0.466 e. The van der Waals surface area contributed by atoms with Gasteiger partial charge in [0.25, 0.3) is 0 Å². The van der Waals surface area contributed by atoms with Gasteiger partial charge >= 0.3 is 5.97 Å². The lowest BCUT2D eigenvalue weighted by atomic mass is 9.66. The van der Waals surface area contributed by atoms with Crippen molar-refractivity contribution in [1.82, 2.24) is 10.2 Å². The summed E-state index contributed by atoms with van der Waals surface area (Å²) in [5.41, 5.74) is -2.42. The van der Waals surface area contributed by atoms with Crippen LogP contribution in [0.3, 0.4) is 0 Å². The summed E-state index contributed by atoms with van der Waals surface area (Å²) in [5, 5.41) is 12.7. The lowest BCUT2D eigenvalue weighted by Crippen LogP contribution is -2.59. The predicted octanol–water partition coefficient (Wildman–Crippen LogP) is 1.64. The largest absolute Gasteiger partial charge is 0.466 e. The van der Waals surface area contributed by atoms with Gasteiger partial charge in [-0.25, -0.2) is 0 Å². The Balaban J connectivity index is 1.97. The maximum Gasteiger partial charge on any atom is 0.312 e. The molecule has 3 heterocycles. The number of aliphatic hydroxyl groups excluding tert-OH is 1. The molecule has 0 radical (unpaired) electrons. The SMILES string of the molecule is CCOC(=O)[C@H]1[C@H]2C(=O)N(CCO)C(C(=O)NC(C)(C)CC(C)(C)C)C23CC[C@]1(C)O3. The third-order valence-corrected chi connectivity index (χ3v) is 6.84. The fourth-order valence-corrected chi connectivity index (χ4v) is 6.44. The van der Waals surface area contributed by atoms with E-state index in [0.29, 0.717) is 12.8 Å². The van der Waals surface area contributed by atoms with Crippen molar-refractivity contribution in [2.75, 3.05) is 19.8 Å². The Bertz CT molecular complexity index is 760. The maximum absolute atomic E-state index is 13.6. The van der Waals surface area contributed by atoms with Crippen LogP contribution in [0.2, 0.25) is 0 Å². The molecule has 3 aliphatic rings. The molecule has 1 spiro atoms. The number of esters is 1. The second kappa shape index (κ2) is 7.73. The first kappa shape index (κ1) is 24.0. The van der Waals surface area contributed by atoms with Gasteiger partial charge in [0.1, 0.15) is 17.6 Å². The lowest BCUT2D eigenvalue weighted by molar-refractivity contribution is -0.159. The number of hydrogen-bond acceptors (Lipinski definition) is 6. The van der Waals surface area contributed by atoms with Gasteiger partial charge in [-0.1, -0.05) is 20.8 Å². The number of nitrogens with zero attached hydrogens (tertiary/aromatic N) is 1. The number of aliphatic hydroxyl groups is 1. The molecule has 176 valence electrons. The predicted molar refractivity (Wildman–Crippen MR) is 114 cm³/mol. The number of rotatable bonds is 7. The number of hydrogen-bond donors (Lipinski definition) is 2. The summed E-state index contributed by atoms with van der Waals surface area (Å²) in [7, 11) is 0. The molecular weight excluding hydrogens is 400 g/mol. The van der Waals surface area contributed by atoms with Crippen molar-refractivity contribution in [3.05, 3.63) is 0 Å². The van der Waals surface area contributed by atoms with Crippen LogP contribution in [0.25, 0.3) is 0 Å². The van der Waals surface area contributed by atoms with Crippen molar-refractivity contribution in [2.24, 2.45) is 17.3 Å². The fourth-order valence-electron chi connectivity index (χ4n) is 6.44. The summed E-state index contributed by atoms with van der Waals surface area (Å²) >= 11 is 0. The van der Waals surface area contributed by atoms with Crippen LogP contribution >= 0.6 is 0 Å². The van der Waals surface area contributed by atoms with Crippen molar-refractivity contribution < 1.29 is 29.0 Å². The van der Waals surface area contributed by atoms with E-state index in [4.69, 9.17) is 9.47 Å². The molecule has 3 aliphatic heterocycles. The van der Waals surface area contributed by atoms with Crippen LogP contribution in [0.1, 0.15) is 67.7 Å². The van der Waals surface area contributed by atoms with Crippen LogP contribution in [-0.4, -0.2) is 70.3 Å². The van der Waals surface area contributed by atoms with Crippen LogP contribution in [-0.2, 0) is 23.9 Å². The molecule has 8 nitrogen and oxygen atoms in total. The van der Waals surface area contributed by atoms with Gasteiger partial charge in [-0.15, -0.1) is 0 Å². The Labute approximate surface area is 185 Å². The summed E-state index contributed by atoms with van der Waals surface area (Å²) in [6, 6.07) is -0.891. The third-order valence-electron chi connectivity index (χ3n) is 6.84. The van der Waals surface area contributed by atoms with Crippen LogP contribution in [0.5, 0.6) is 0 Å². The molecule has 0 aromatic carbocycles. The number of β-amino-alcohol motifs (C(OH)–C–C–N with tert-alkyl or cyclic N) is 1. The van der Waals surface area contributed by atoms with Gasteiger partial charge in [0.05, 0.1) is 24.7 Å². The van der Waals surface area contributed by atoms with E-state index >= 15 is 0 Å². The Morgan fingerprint density at radius 1 is 1.26 bits per heavy atom. The first-order chi connectivity index (χ1) is 14.2. The summed E-state index contributed by atoms with van der Waals surface area (Å²) in [6.07, 6.45) is 1.82. The normalized spacial score (nSPS) is 34.8.